The normalized spacial score (nSPS) is 14.7. The number of nitrogens with one attached hydrogen (secondary N) is 1. The van der Waals surface area contributed by atoms with Gasteiger partial charge >= 0.3 is 0 Å². The lowest BCUT2D eigenvalue weighted by Gasteiger charge is -2.26. The largest absolute Gasteiger partial charge is 0.493 e. The molecule has 1 aromatic rings. The Kier molecular flexibility index (Phi) is 7.18. The quantitative estimate of drug-likeness (QED) is 0.761. The maximum absolute atomic E-state index is 12.0. The lowest BCUT2D eigenvalue weighted by Crippen LogP contribution is -2.35. The topological polar surface area (TPSA) is 55.4 Å². The Morgan fingerprint density at radius 1 is 1.19 bits per heavy atom. The van der Waals surface area contributed by atoms with Gasteiger partial charge in [-0.2, -0.15) is 0 Å². The summed E-state index contributed by atoms with van der Waals surface area (Å²) in [6, 6.07) is 7.42. The molecular weight excluding hydrogens is 286 g/mol. The van der Waals surface area contributed by atoms with Crippen molar-refractivity contribution in [2.24, 2.45) is 0 Å². The van der Waals surface area contributed by atoms with Crippen LogP contribution in [0.1, 0.15) is 45.2 Å². The van der Waals surface area contributed by atoms with Crippen LogP contribution in [-0.2, 0) is 9.84 Å². The van der Waals surface area contributed by atoms with Crippen molar-refractivity contribution in [1.29, 1.82) is 0 Å². The average Bonchev–Trinajstić information content (AvgIpc) is 2.45. The van der Waals surface area contributed by atoms with E-state index in [0.717, 1.165) is 30.7 Å². The third kappa shape index (κ3) is 5.32. The highest BCUT2D eigenvalue weighted by atomic mass is 32.2. The van der Waals surface area contributed by atoms with E-state index in [1.807, 2.05) is 24.3 Å². The Bertz CT molecular complexity index is 528. The van der Waals surface area contributed by atoms with E-state index in [-0.39, 0.29) is 6.04 Å². The van der Waals surface area contributed by atoms with Crippen LogP contribution in [0.5, 0.6) is 5.75 Å². The maximum atomic E-state index is 12.0. The number of hydrogen-bond donors (Lipinski definition) is 1. The number of para-hydroxylation sites is 1. The summed E-state index contributed by atoms with van der Waals surface area (Å²) in [5, 5.41) is 2.85. The molecule has 0 amide bonds. The van der Waals surface area contributed by atoms with E-state index in [1.54, 1.807) is 6.92 Å². The molecule has 5 heteroatoms. The maximum Gasteiger partial charge on any atom is 0.151 e. The van der Waals surface area contributed by atoms with Gasteiger partial charge < -0.3 is 10.1 Å². The molecule has 0 aliphatic carbocycles. The first-order chi connectivity index (χ1) is 9.91. The van der Waals surface area contributed by atoms with Gasteiger partial charge in [0.05, 0.1) is 17.9 Å². The summed E-state index contributed by atoms with van der Waals surface area (Å²) in [5.74, 6) is 0.767. The van der Waals surface area contributed by atoms with Gasteiger partial charge in [-0.05, 0) is 32.4 Å². The molecule has 0 bridgehead atoms. The Labute approximate surface area is 128 Å². The number of sulfone groups is 1. The fourth-order valence-corrected chi connectivity index (χ4v) is 2.89. The molecule has 2 atom stereocenters. The highest BCUT2D eigenvalue weighted by molar-refractivity contribution is 7.91. The molecule has 120 valence electrons. The second kappa shape index (κ2) is 8.39. The van der Waals surface area contributed by atoms with Crippen molar-refractivity contribution in [3.05, 3.63) is 29.8 Å². The predicted octanol–water partition coefficient (Wildman–Crippen LogP) is 2.95. The van der Waals surface area contributed by atoms with Gasteiger partial charge in [-0.3, -0.25) is 0 Å². The van der Waals surface area contributed by atoms with Crippen molar-refractivity contribution in [3.8, 4) is 5.75 Å². The van der Waals surface area contributed by atoms with Crippen LogP contribution < -0.4 is 10.1 Å². The van der Waals surface area contributed by atoms with Crippen LogP contribution in [0.3, 0.4) is 0 Å². The highest BCUT2D eigenvalue weighted by Crippen LogP contribution is 2.30. The van der Waals surface area contributed by atoms with Crippen LogP contribution in [0, 0.1) is 0 Å². The molecule has 0 fully saturated rings. The highest BCUT2D eigenvalue weighted by Gasteiger charge is 2.28. The molecule has 0 aliphatic rings. The molecule has 1 aromatic carbocycles. The van der Waals surface area contributed by atoms with E-state index < -0.39 is 15.1 Å². The zero-order valence-electron chi connectivity index (χ0n) is 13.4. The lowest BCUT2D eigenvalue weighted by atomic mass is 10.0. The summed E-state index contributed by atoms with van der Waals surface area (Å²) in [7, 11) is -3.14. The first kappa shape index (κ1) is 18.0. The monoisotopic (exact) mass is 313 g/mol. The first-order valence-electron chi connectivity index (χ1n) is 7.55. The van der Waals surface area contributed by atoms with Gasteiger partial charge in [0.1, 0.15) is 5.75 Å². The van der Waals surface area contributed by atoms with Gasteiger partial charge in [0.15, 0.2) is 9.84 Å². The smallest absolute Gasteiger partial charge is 0.151 e. The number of ether oxygens (including phenoxy) is 1. The molecule has 1 rings (SSSR count). The summed E-state index contributed by atoms with van der Waals surface area (Å²) in [5.41, 5.74) is 0.914. The van der Waals surface area contributed by atoms with Crippen molar-refractivity contribution in [2.45, 2.75) is 44.9 Å². The van der Waals surface area contributed by atoms with Crippen LogP contribution in [0.15, 0.2) is 24.3 Å². The molecule has 1 N–H and O–H groups in total. The summed E-state index contributed by atoms with van der Waals surface area (Å²) < 4.78 is 29.7. The van der Waals surface area contributed by atoms with Gasteiger partial charge in [0.2, 0.25) is 0 Å². The minimum absolute atomic E-state index is 0.256. The molecule has 0 heterocycles. The molecule has 21 heavy (non-hydrogen) atoms. The third-order valence-corrected chi connectivity index (χ3v) is 5.10. The number of benzene rings is 1. The van der Waals surface area contributed by atoms with Gasteiger partial charge in [-0.15, -0.1) is 0 Å². The summed E-state index contributed by atoms with van der Waals surface area (Å²) >= 11 is 0. The summed E-state index contributed by atoms with van der Waals surface area (Å²) in [4.78, 5) is 0. The van der Waals surface area contributed by atoms with Gasteiger partial charge in [0.25, 0.3) is 0 Å². The van der Waals surface area contributed by atoms with E-state index in [2.05, 4.69) is 19.2 Å². The average molecular weight is 313 g/mol. The van der Waals surface area contributed by atoms with Crippen LogP contribution in [0.25, 0.3) is 0 Å². The number of hydrogen-bond acceptors (Lipinski definition) is 4. The van der Waals surface area contributed by atoms with E-state index in [9.17, 15) is 8.42 Å². The van der Waals surface area contributed by atoms with E-state index in [0.29, 0.717) is 6.61 Å². The van der Waals surface area contributed by atoms with Crippen molar-refractivity contribution in [3.63, 3.8) is 0 Å². The molecule has 0 saturated carbocycles. The Balaban J connectivity index is 3.13. The van der Waals surface area contributed by atoms with Gasteiger partial charge in [-0.25, -0.2) is 8.42 Å². The van der Waals surface area contributed by atoms with Gasteiger partial charge in [0, 0.05) is 11.8 Å². The Morgan fingerprint density at radius 3 is 2.43 bits per heavy atom. The molecule has 0 radical (unpaired) electrons. The molecule has 0 aromatic heterocycles. The van der Waals surface area contributed by atoms with E-state index >= 15 is 0 Å². The molecule has 4 nitrogen and oxygen atoms in total. The van der Waals surface area contributed by atoms with Crippen molar-refractivity contribution < 1.29 is 13.2 Å². The Morgan fingerprint density at radius 2 is 1.86 bits per heavy atom. The standard InChI is InChI=1S/C16H27NO3S/c1-5-11-17-16(13(3)21(4,18)19)14-9-7-8-10-15(14)20-12-6-2/h7-10,13,16-17H,5-6,11-12H2,1-4H3. The third-order valence-electron chi connectivity index (χ3n) is 3.47. The van der Waals surface area contributed by atoms with Crippen molar-refractivity contribution >= 4 is 9.84 Å². The predicted molar refractivity (Wildman–Crippen MR) is 87.6 cm³/mol. The molecule has 2 unspecified atom stereocenters. The molecular formula is C16H27NO3S. The molecule has 0 spiro atoms. The fourth-order valence-electron chi connectivity index (χ4n) is 2.16. The zero-order chi connectivity index (χ0) is 15.9. The SMILES string of the molecule is CCCNC(c1ccccc1OCCC)C(C)S(C)(=O)=O. The summed E-state index contributed by atoms with van der Waals surface area (Å²) in [6.07, 6.45) is 3.15. The first-order valence-corrected chi connectivity index (χ1v) is 9.51. The van der Waals surface area contributed by atoms with E-state index in [1.165, 1.54) is 6.26 Å². The minimum Gasteiger partial charge on any atom is -0.493 e. The Hall–Kier alpha value is -1.07. The number of rotatable bonds is 9. The zero-order valence-corrected chi connectivity index (χ0v) is 14.2. The molecule has 0 saturated heterocycles. The van der Waals surface area contributed by atoms with Crippen molar-refractivity contribution in [1.82, 2.24) is 5.32 Å². The summed E-state index contributed by atoms with van der Waals surface area (Å²) in [6.45, 7) is 7.26. The second-order valence-electron chi connectivity index (χ2n) is 5.35. The lowest BCUT2D eigenvalue weighted by molar-refractivity contribution is 0.309. The van der Waals surface area contributed by atoms with Crippen LogP contribution in [0.4, 0.5) is 0 Å². The van der Waals surface area contributed by atoms with Crippen LogP contribution in [0.2, 0.25) is 0 Å². The van der Waals surface area contributed by atoms with Crippen LogP contribution >= 0.6 is 0 Å². The van der Waals surface area contributed by atoms with Gasteiger partial charge in [-0.1, -0.05) is 32.0 Å². The van der Waals surface area contributed by atoms with E-state index in [4.69, 9.17) is 4.74 Å². The van der Waals surface area contributed by atoms with Crippen molar-refractivity contribution in [2.75, 3.05) is 19.4 Å². The second-order valence-corrected chi connectivity index (χ2v) is 7.76. The molecule has 0 aliphatic heterocycles. The minimum atomic E-state index is -3.14. The fraction of sp³-hybridized carbons (Fsp3) is 0.625. The van der Waals surface area contributed by atoms with Crippen LogP contribution in [-0.4, -0.2) is 33.1 Å².